The molecule has 1 heterocycles. The van der Waals surface area contributed by atoms with Gasteiger partial charge in [0.15, 0.2) is 9.84 Å². The summed E-state index contributed by atoms with van der Waals surface area (Å²) in [5.41, 5.74) is 5.61. The Morgan fingerprint density at radius 3 is 2.76 bits per heavy atom. The summed E-state index contributed by atoms with van der Waals surface area (Å²) in [6, 6.07) is 4.69. The summed E-state index contributed by atoms with van der Waals surface area (Å²) < 4.78 is 22.4. The highest BCUT2D eigenvalue weighted by Crippen LogP contribution is 1.99. The van der Waals surface area contributed by atoms with Crippen LogP contribution in [0.5, 0.6) is 0 Å². The number of rotatable bonds is 5. The quantitative estimate of drug-likeness (QED) is 0.762. The van der Waals surface area contributed by atoms with E-state index in [1.165, 1.54) is 6.07 Å². The molecule has 0 saturated heterocycles. The van der Waals surface area contributed by atoms with Crippen molar-refractivity contribution in [2.45, 2.75) is 6.92 Å². The van der Waals surface area contributed by atoms with Gasteiger partial charge in [0.2, 0.25) is 0 Å². The maximum absolute atomic E-state index is 11.5. The van der Waals surface area contributed by atoms with Crippen LogP contribution in [0.4, 0.5) is 5.82 Å². The van der Waals surface area contributed by atoms with Gasteiger partial charge in [-0.25, -0.2) is 13.4 Å². The topological polar surface area (TPSA) is 102 Å². The van der Waals surface area contributed by atoms with E-state index in [2.05, 4.69) is 10.3 Å². The SMILES string of the molecule is CCS(=O)(=O)CCNC(=O)c1cccc(N)n1. The minimum absolute atomic E-state index is 0.0689. The van der Waals surface area contributed by atoms with Crippen LogP contribution >= 0.6 is 0 Å². The molecule has 0 spiro atoms. The summed E-state index contributed by atoms with van der Waals surface area (Å²) >= 11 is 0. The smallest absolute Gasteiger partial charge is 0.269 e. The average molecular weight is 257 g/mol. The molecule has 0 unspecified atom stereocenters. The lowest BCUT2D eigenvalue weighted by Gasteiger charge is -2.05. The summed E-state index contributed by atoms with van der Waals surface area (Å²) in [6.45, 7) is 1.64. The van der Waals surface area contributed by atoms with Crippen LogP contribution in [0.25, 0.3) is 0 Å². The van der Waals surface area contributed by atoms with Gasteiger partial charge in [0, 0.05) is 12.3 Å². The van der Waals surface area contributed by atoms with Gasteiger partial charge in [-0.15, -0.1) is 0 Å². The molecule has 7 heteroatoms. The molecule has 1 aromatic heterocycles. The lowest BCUT2D eigenvalue weighted by molar-refractivity contribution is 0.0951. The molecular formula is C10H15N3O3S. The maximum atomic E-state index is 11.5. The van der Waals surface area contributed by atoms with Crippen molar-refractivity contribution in [3.8, 4) is 0 Å². The first kappa shape index (κ1) is 13.4. The Labute approximate surface area is 100 Å². The number of carbonyl (C=O) groups excluding carboxylic acids is 1. The Morgan fingerprint density at radius 1 is 1.47 bits per heavy atom. The Bertz CT molecular complexity index is 499. The van der Waals surface area contributed by atoms with Crippen LogP contribution in [0.3, 0.4) is 0 Å². The normalized spacial score (nSPS) is 11.1. The summed E-state index contributed by atoms with van der Waals surface area (Å²) in [7, 11) is -3.07. The van der Waals surface area contributed by atoms with Gasteiger partial charge < -0.3 is 11.1 Å². The summed E-state index contributed by atoms with van der Waals surface area (Å²) in [6.07, 6.45) is 0. The van der Waals surface area contributed by atoms with Crippen molar-refractivity contribution >= 4 is 21.6 Å². The molecule has 0 aromatic carbocycles. The number of aromatic nitrogens is 1. The van der Waals surface area contributed by atoms with E-state index in [0.717, 1.165) is 0 Å². The Morgan fingerprint density at radius 2 is 2.18 bits per heavy atom. The average Bonchev–Trinajstić information content (AvgIpc) is 2.28. The fourth-order valence-electron chi connectivity index (χ4n) is 1.13. The number of sulfone groups is 1. The van der Waals surface area contributed by atoms with Crippen LogP contribution in [0.15, 0.2) is 18.2 Å². The van der Waals surface area contributed by atoms with Gasteiger partial charge in [-0.3, -0.25) is 4.79 Å². The zero-order chi connectivity index (χ0) is 12.9. The predicted molar refractivity (Wildman–Crippen MR) is 65.3 cm³/mol. The van der Waals surface area contributed by atoms with Crippen LogP contribution in [0.2, 0.25) is 0 Å². The van der Waals surface area contributed by atoms with E-state index in [1.54, 1.807) is 19.1 Å². The molecule has 0 atom stereocenters. The first-order valence-electron chi connectivity index (χ1n) is 5.16. The molecule has 0 aliphatic heterocycles. The predicted octanol–water partition coefficient (Wildman–Crippen LogP) is -0.172. The molecule has 0 aliphatic carbocycles. The van der Waals surface area contributed by atoms with Gasteiger partial charge in [-0.1, -0.05) is 13.0 Å². The van der Waals surface area contributed by atoms with Crippen molar-refractivity contribution in [3.63, 3.8) is 0 Å². The second-order valence-electron chi connectivity index (χ2n) is 3.44. The second-order valence-corrected chi connectivity index (χ2v) is 5.91. The number of hydrogen-bond acceptors (Lipinski definition) is 5. The van der Waals surface area contributed by atoms with Crippen molar-refractivity contribution < 1.29 is 13.2 Å². The molecule has 0 radical (unpaired) electrons. The molecule has 0 aliphatic rings. The Balaban J connectivity index is 2.51. The molecule has 1 rings (SSSR count). The molecule has 3 N–H and O–H groups in total. The number of nitrogen functional groups attached to an aromatic ring is 1. The van der Waals surface area contributed by atoms with E-state index in [9.17, 15) is 13.2 Å². The van der Waals surface area contributed by atoms with Gasteiger partial charge in [0.25, 0.3) is 5.91 Å². The van der Waals surface area contributed by atoms with E-state index < -0.39 is 15.7 Å². The number of hydrogen-bond donors (Lipinski definition) is 2. The summed E-state index contributed by atoms with van der Waals surface area (Å²) in [5.74, 6) is -0.181. The van der Waals surface area contributed by atoms with Gasteiger partial charge in [0.1, 0.15) is 11.5 Å². The molecule has 17 heavy (non-hydrogen) atoms. The third-order valence-corrected chi connectivity index (χ3v) is 3.85. The van der Waals surface area contributed by atoms with E-state index >= 15 is 0 Å². The number of nitrogens with two attached hydrogens (primary N) is 1. The van der Waals surface area contributed by atoms with Crippen molar-refractivity contribution in [2.24, 2.45) is 0 Å². The van der Waals surface area contributed by atoms with Gasteiger partial charge in [0.05, 0.1) is 5.75 Å². The van der Waals surface area contributed by atoms with Crippen LogP contribution < -0.4 is 11.1 Å². The maximum Gasteiger partial charge on any atom is 0.269 e. The zero-order valence-electron chi connectivity index (χ0n) is 9.51. The minimum atomic E-state index is -3.07. The van der Waals surface area contributed by atoms with Crippen molar-refractivity contribution in [2.75, 3.05) is 23.8 Å². The highest BCUT2D eigenvalue weighted by Gasteiger charge is 2.10. The van der Waals surface area contributed by atoms with Crippen molar-refractivity contribution in [1.82, 2.24) is 10.3 Å². The molecule has 0 bridgehead atoms. The molecule has 1 aromatic rings. The number of carbonyl (C=O) groups is 1. The molecule has 0 fully saturated rings. The number of amides is 1. The van der Waals surface area contributed by atoms with Crippen LogP contribution in [0.1, 0.15) is 17.4 Å². The number of nitrogens with zero attached hydrogens (tertiary/aromatic N) is 1. The Kier molecular flexibility index (Phi) is 4.45. The third kappa shape index (κ3) is 4.39. The van der Waals surface area contributed by atoms with E-state index in [1.807, 2.05) is 0 Å². The summed E-state index contributed by atoms with van der Waals surface area (Å²) in [5, 5.41) is 2.48. The standard InChI is InChI=1S/C10H15N3O3S/c1-2-17(15,16)7-6-12-10(14)8-4-3-5-9(11)13-8/h3-5H,2,6-7H2,1H3,(H2,11,13)(H,12,14). The van der Waals surface area contributed by atoms with Crippen molar-refractivity contribution in [3.05, 3.63) is 23.9 Å². The fraction of sp³-hybridized carbons (Fsp3) is 0.400. The monoisotopic (exact) mass is 257 g/mol. The molecule has 94 valence electrons. The highest BCUT2D eigenvalue weighted by molar-refractivity contribution is 7.91. The largest absolute Gasteiger partial charge is 0.384 e. The summed E-state index contributed by atoms with van der Waals surface area (Å²) in [4.78, 5) is 15.4. The second kappa shape index (κ2) is 5.62. The highest BCUT2D eigenvalue weighted by atomic mass is 32.2. The van der Waals surface area contributed by atoms with Crippen LogP contribution in [-0.4, -0.2) is 37.4 Å². The van der Waals surface area contributed by atoms with Gasteiger partial charge in [-0.05, 0) is 12.1 Å². The fourth-order valence-corrected chi connectivity index (χ4v) is 1.83. The first-order chi connectivity index (χ1) is 7.94. The molecular weight excluding hydrogens is 242 g/mol. The van der Waals surface area contributed by atoms with E-state index in [-0.39, 0.29) is 29.6 Å². The lowest BCUT2D eigenvalue weighted by Crippen LogP contribution is -2.30. The molecule has 1 amide bonds. The number of nitrogens with one attached hydrogen (secondary N) is 1. The number of pyridine rings is 1. The van der Waals surface area contributed by atoms with Crippen LogP contribution in [-0.2, 0) is 9.84 Å². The minimum Gasteiger partial charge on any atom is -0.384 e. The van der Waals surface area contributed by atoms with Gasteiger partial charge in [-0.2, -0.15) is 0 Å². The van der Waals surface area contributed by atoms with Crippen molar-refractivity contribution in [1.29, 1.82) is 0 Å². The van der Waals surface area contributed by atoms with Gasteiger partial charge >= 0.3 is 0 Å². The Hall–Kier alpha value is -1.63. The molecule has 0 saturated carbocycles. The van der Waals surface area contributed by atoms with E-state index in [0.29, 0.717) is 0 Å². The number of anilines is 1. The lowest BCUT2D eigenvalue weighted by atomic mass is 10.3. The zero-order valence-corrected chi connectivity index (χ0v) is 10.3. The first-order valence-corrected chi connectivity index (χ1v) is 6.98. The molecule has 6 nitrogen and oxygen atoms in total. The van der Waals surface area contributed by atoms with E-state index in [4.69, 9.17) is 5.73 Å². The van der Waals surface area contributed by atoms with Crippen LogP contribution in [0, 0.1) is 0 Å². The third-order valence-electron chi connectivity index (χ3n) is 2.14.